The van der Waals surface area contributed by atoms with Gasteiger partial charge < -0.3 is 9.73 Å². The van der Waals surface area contributed by atoms with E-state index < -0.39 is 0 Å². The summed E-state index contributed by atoms with van der Waals surface area (Å²) in [5, 5.41) is 10.2. The molecule has 1 N–H and O–H groups in total. The van der Waals surface area contributed by atoms with Gasteiger partial charge in [0.05, 0.1) is 12.2 Å². The van der Waals surface area contributed by atoms with Crippen LogP contribution in [0.2, 0.25) is 0 Å². The largest absolute Gasteiger partial charge is 0.411 e. The lowest BCUT2D eigenvalue weighted by molar-refractivity contribution is 0.565. The molecular formula is C8H7BrN4O. The Hall–Kier alpha value is -1.43. The molecule has 0 aliphatic rings. The van der Waals surface area contributed by atoms with Crippen LogP contribution in [0.4, 0.5) is 6.01 Å². The first-order valence-corrected chi connectivity index (χ1v) is 4.74. The number of aromatic nitrogens is 3. The molecule has 0 aliphatic heterocycles. The Bertz CT molecular complexity index is 386. The predicted molar refractivity (Wildman–Crippen MR) is 53.6 cm³/mol. The molecule has 5 nitrogen and oxygen atoms in total. The number of rotatable bonds is 3. The summed E-state index contributed by atoms with van der Waals surface area (Å²) in [5.41, 5.74) is 0.909. The molecule has 0 amide bonds. The van der Waals surface area contributed by atoms with E-state index in [0.717, 1.165) is 10.2 Å². The van der Waals surface area contributed by atoms with Crippen molar-refractivity contribution in [1.29, 1.82) is 0 Å². The zero-order chi connectivity index (χ0) is 9.80. The van der Waals surface area contributed by atoms with Crippen LogP contribution in [0.3, 0.4) is 0 Å². The monoisotopic (exact) mass is 254 g/mol. The van der Waals surface area contributed by atoms with Gasteiger partial charge in [0.1, 0.15) is 0 Å². The smallest absolute Gasteiger partial charge is 0.315 e. The van der Waals surface area contributed by atoms with Crippen LogP contribution in [0.25, 0.3) is 0 Å². The number of hydrogen-bond acceptors (Lipinski definition) is 5. The fraction of sp³-hybridized carbons (Fsp3) is 0.125. The summed E-state index contributed by atoms with van der Waals surface area (Å²) in [6.45, 7) is 0.565. The maximum absolute atomic E-state index is 4.91. The normalized spacial score (nSPS) is 10.1. The number of nitrogens with zero attached hydrogens (tertiary/aromatic N) is 3. The van der Waals surface area contributed by atoms with Crippen molar-refractivity contribution in [3.8, 4) is 0 Å². The summed E-state index contributed by atoms with van der Waals surface area (Å²) in [7, 11) is 0. The van der Waals surface area contributed by atoms with Gasteiger partial charge in [-0.25, -0.2) is 0 Å². The fourth-order valence-electron chi connectivity index (χ4n) is 0.927. The van der Waals surface area contributed by atoms with Gasteiger partial charge >= 0.3 is 6.01 Å². The highest BCUT2D eigenvalue weighted by Crippen LogP contribution is 2.08. The summed E-state index contributed by atoms with van der Waals surface area (Å²) in [6.07, 6.45) is 3.02. The van der Waals surface area contributed by atoms with E-state index in [9.17, 15) is 0 Å². The quantitative estimate of drug-likeness (QED) is 0.906. The predicted octanol–water partition coefficient (Wildman–Crippen LogP) is 1.84. The van der Waals surface area contributed by atoms with Crippen LogP contribution in [0.1, 0.15) is 5.69 Å². The van der Waals surface area contributed by atoms with Crippen molar-refractivity contribution in [2.45, 2.75) is 6.54 Å². The van der Waals surface area contributed by atoms with Gasteiger partial charge in [0.15, 0.2) is 0 Å². The molecule has 0 fully saturated rings. The van der Waals surface area contributed by atoms with Crippen molar-refractivity contribution in [1.82, 2.24) is 15.2 Å². The SMILES string of the molecule is Brc1ccc(CNc2nnco2)nc1. The summed E-state index contributed by atoms with van der Waals surface area (Å²) in [6, 6.07) is 4.24. The van der Waals surface area contributed by atoms with E-state index in [4.69, 9.17) is 4.42 Å². The Labute approximate surface area is 88.7 Å². The molecule has 2 rings (SSSR count). The van der Waals surface area contributed by atoms with Gasteiger partial charge in [-0.2, -0.15) is 0 Å². The molecule has 2 heterocycles. The lowest BCUT2D eigenvalue weighted by atomic mass is 10.3. The number of halogens is 1. The number of nitrogens with one attached hydrogen (secondary N) is 1. The highest BCUT2D eigenvalue weighted by molar-refractivity contribution is 9.10. The fourth-order valence-corrected chi connectivity index (χ4v) is 1.16. The Morgan fingerprint density at radius 2 is 2.36 bits per heavy atom. The molecule has 72 valence electrons. The van der Waals surface area contributed by atoms with Crippen LogP contribution in [-0.2, 0) is 6.54 Å². The van der Waals surface area contributed by atoms with Gasteiger partial charge in [0, 0.05) is 10.7 Å². The lowest BCUT2D eigenvalue weighted by Crippen LogP contribution is -2.01. The van der Waals surface area contributed by atoms with Gasteiger partial charge in [-0.05, 0) is 28.1 Å². The highest BCUT2D eigenvalue weighted by atomic mass is 79.9. The van der Waals surface area contributed by atoms with Crippen molar-refractivity contribution >= 4 is 21.9 Å². The summed E-state index contributed by atoms with van der Waals surface area (Å²) in [5.74, 6) is 0. The van der Waals surface area contributed by atoms with E-state index in [1.165, 1.54) is 6.39 Å². The lowest BCUT2D eigenvalue weighted by Gasteiger charge is -2.00. The molecule has 0 aromatic carbocycles. The van der Waals surface area contributed by atoms with Crippen LogP contribution < -0.4 is 5.32 Å². The summed E-state index contributed by atoms with van der Waals surface area (Å²) < 4.78 is 5.87. The van der Waals surface area contributed by atoms with Crippen LogP contribution in [0.5, 0.6) is 0 Å². The molecule has 0 bridgehead atoms. The summed E-state index contributed by atoms with van der Waals surface area (Å²) >= 11 is 3.31. The Kier molecular flexibility index (Phi) is 2.73. The summed E-state index contributed by atoms with van der Waals surface area (Å²) in [4.78, 5) is 4.18. The van der Waals surface area contributed by atoms with Crippen molar-refractivity contribution < 1.29 is 4.42 Å². The second-order valence-corrected chi connectivity index (χ2v) is 3.48. The van der Waals surface area contributed by atoms with Gasteiger partial charge in [-0.3, -0.25) is 4.98 Å². The first-order valence-electron chi connectivity index (χ1n) is 3.95. The van der Waals surface area contributed by atoms with Crippen molar-refractivity contribution in [3.05, 3.63) is 34.9 Å². The average Bonchev–Trinajstić information content (AvgIpc) is 2.70. The molecule has 0 saturated carbocycles. The molecule has 0 aliphatic carbocycles. The molecule has 0 unspecified atom stereocenters. The molecule has 14 heavy (non-hydrogen) atoms. The van der Waals surface area contributed by atoms with Crippen LogP contribution in [-0.4, -0.2) is 15.2 Å². The molecule has 0 saturated heterocycles. The zero-order valence-corrected chi connectivity index (χ0v) is 8.73. The average molecular weight is 255 g/mol. The first kappa shape index (κ1) is 9.14. The first-order chi connectivity index (χ1) is 6.84. The standard InChI is InChI=1S/C8H7BrN4O/c9-6-1-2-7(10-3-6)4-11-8-13-12-5-14-8/h1-3,5H,4H2,(H,11,13). The van der Waals surface area contributed by atoms with E-state index >= 15 is 0 Å². The van der Waals surface area contributed by atoms with Crippen molar-refractivity contribution in [3.63, 3.8) is 0 Å². The van der Waals surface area contributed by atoms with E-state index in [-0.39, 0.29) is 0 Å². The van der Waals surface area contributed by atoms with E-state index in [1.807, 2.05) is 12.1 Å². The Morgan fingerprint density at radius 3 is 3.00 bits per heavy atom. The minimum Gasteiger partial charge on any atom is -0.411 e. The van der Waals surface area contributed by atoms with Crippen LogP contribution >= 0.6 is 15.9 Å². The number of pyridine rings is 1. The van der Waals surface area contributed by atoms with Gasteiger partial charge in [-0.15, -0.1) is 5.10 Å². The second-order valence-electron chi connectivity index (χ2n) is 2.57. The maximum atomic E-state index is 4.91. The minimum absolute atomic E-state index is 0.398. The molecule has 0 radical (unpaired) electrons. The van der Waals surface area contributed by atoms with E-state index in [0.29, 0.717) is 12.6 Å². The van der Waals surface area contributed by atoms with Crippen molar-refractivity contribution in [2.75, 3.05) is 5.32 Å². The van der Waals surface area contributed by atoms with Crippen LogP contribution in [0, 0.1) is 0 Å². The molecule has 6 heteroatoms. The van der Waals surface area contributed by atoms with Crippen molar-refractivity contribution in [2.24, 2.45) is 0 Å². The Balaban J connectivity index is 1.95. The van der Waals surface area contributed by atoms with Crippen LogP contribution in [0.15, 0.2) is 33.6 Å². The topological polar surface area (TPSA) is 63.8 Å². The second kappa shape index (κ2) is 4.19. The van der Waals surface area contributed by atoms with E-state index in [1.54, 1.807) is 6.20 Å². The molecule has 0 atom stereocenters. The molecule has 0 spiro atoms. The third-order valence-electron chi connectivity index (χ3n) is 1.57. The zero-order valence-electron chi connectivity index (χ0n) is 7.14. The van der Waals surface area contributed by atoms with Gasteiger partial charge in [0.25, 0.3) is 0 Å². The highest BCUT2D eigenvalue weighted by Gasteiger charge is 1.98. The van der Waals surface area contributed by atoms with Gasteiger partial charge in [-0.1, -0.05) is 5.10 Å². The van der Waals surface area contributed by atoms with E-state index in [2.05, 4.69) is 36.4 Å². The Morgan fingerprint density at radius 1 is 1.43 bits per heavy atom. The third-order valence-corrected chi connectivity index (χ3v) is 2.04. The van der Waals surface area contributed by atoms with Gasteiger partial charge in [0.2, 0.25) is 6.39 Å². The number of anilines is 1. The maximum Gasteiger partial charge on any atom is 0.315 e. The third kappa shape index (κ3) is 2.29. The molecule has 2 aromatic heterocycles. The minimum atomic E-state index is 0.398. The molecular weight excluding hydrogens is 248 g/mol. The number of hydrogen-bond donors (Lipinski definition) is 1. The molecule has 2 aromatic rings.